The molecule has 0 unspecified atom stereocenters. The second-order valence-electron chi connectivity index (χ2n) is 5.97. The summed E-state index contributed by atoms with van der Waals surface area (Å²) in [4.78, 5) is 21.1. The van der Waals surface area contributed by atoms with E-state index in [0.717, 1.165) is 43.4 Å². The number of thioether (sulfide) groups is 1. The lowest BCUT2D eigenvalue weighted by atomic mass is 10.2. The molecule has 1 saturated heterocycles. The predicted molar refractivity (Wildman–Crippen MR) is 104 cm³/mol. The van der Waals surface area contributed by atoms with Gasteiger partial charge in [0.15, 0.2) is 0 Å². The summed E-state index contributed by atoms with van der Waals surface area (Å²) < 4.78 is 0. The monoisotopic (exact) mass is 356 g/mol. The first kappa shape index (κ1) is 17.8. The minimum absolute atomic E-state index is 0.0139. The molecule has 132 valence electrons. The van der Waals surface area contributed by atoms with Gasteiger partial charge < -0.3 is 15.1 Å². The van der Waals surface area contributed by atoms with E-state index in [2.05, 4.69) is 39.2 Å². The van der Waals surface area contributed by atoms with Crippen LogP contribution in [-0.4, -0.2) is 54.3 Å². The lowest BCUT2D eigenvalue weighted by molar-refractivity contribution is -0.113. The predicted octanol–water partition coefficient (Wildman–Crippen LogP) is 2.95. The number of benzene rings is 1. The zero-order chi connectivity index (χ0) is 17.5. The van der Waals surface area contributed by atoms with Crippen LogP contribution in [0.4, 0.5) is 11.4 Å². The maximum Gasteiger partial charge on any atom is 0.234 e. The van der Waals surface area contributed by atoms with Gasteiger partial charge in [-0.15, -0.1) is 0 Å². The highest BCUT2D eigenvalue weighted by Crippen LogP contribution is 2.20. The Bertz CT molecular complexity index is 670. The van der Waals surface area contributed by atoms with Gasteiger partial charge in [-0.2, -0.15) is 0 Å². The van der Waals surface area contributed by atoms with Gasteiger partial charge in [-0.1, -0.05) is 24.8 Å². The summed E-state index contributed by atoms with van der Waals surface area (Å²) in [5.74, 6) is 0.345. The molecular weight excluding hydrogens is 332 g/mol. The van der Waals surface area contributed by atoms with E-state index < -0.39 is 0 Å². The molecule has 0 saturated carbocycles. The standard InChI is InChI=1S/C19H24N4OS/c1-2-22-11-13-23(14-12-22)17-8-6-16(7-9-17)21-18(24)15-25-19-5-3-4-10-20-19/h3-10H,2,11-15H2,1H3,(H,21,24). The Morgan fingerprint density at radius 1 is 1.12 bits per heavy atom. The second-order valence-corrected chi connectivity index (χ2v) is 6.97. The minimum Gasteiger partial charge on any atom is -0.369 e. The Morgan fingerprint density at radius 2 is 1.88 bits per heavy atom. The molecule has 1 amide bonds. The number of hydrogen-bond donors (Lipinski definition) is 1. The van der Waals surface area contributed by atoms with Crippen LogP contribution in [0.15, 0.2) is 53.7 Å². The van der Waals surface area contributed by atoms with Crippen LogP contribution < -0.4 is 10.2 Å². The Balaban J connectivity index is 1.48. The Hall–Kier alpha value is -2.05. The summed E-state index contributed by atoms with van der Waals surface area (Å²) in [6.45, 7) is 7.66. The number of nitrogens with zero attached hydrogens (tertiary/aromatic N) is 3. The number of anilines is 2. The fourth-order valence-corrected chi connectivity index (χ4v) is 3.51. The van der Waals surface area contributed by atoms with Crippen LogP contribution in [0.5, 0.6) is 0 Å². The summed E-state index contributed by atoms with van der Waals surface area (Å²) in [7, 11) is 0. The third-order valence-corrected chi connectivity index (χ3v) is 5.27. The fourth-order valence-electron chi connectivity index (χ4n) is 2.85. The maximum absolute atomic E-state index is 12.1. The molecule has 0 aliphatic carbocycles. The van der Waals surface area contributed by atoms with Gasteiger partial charge in [0, 0.05) is 43.8 Å². The first-order valence-electron chi connectivity index (χ1n) is 8.65. The molecule has 3 rings (SSSR count). The average molecular weight is 356 g/mol. The van der Waals surface area contributed by atoms with Crippen molar-refractivity contribution in [1.82, 2.24) is 9.88 Å². The molecule has 6 heteroatoms. The first-order chi connectivity index (χ1) is 12.2. The van der Waals surface area contributed by atoms with Crippen LogP contribution in [0.1, 0.15) is 6.92 Å². The molecule has 0 spiro atoms. The number of carbonyl (C=O) groups is 1. The van der Waals surface area contributed by atoms with E-state index in [9.17, 15) is 4.79 Å². The average Bonchev–Trinajstić information content (AvgIpc) is 2.68. The minimum atomic E-state index is -0.0139. The van der Waals surface area contributed by atoms with Crippen molar-refractivity contribution in [3.8, 4) is 0 Å². The number of aromatic nitrogens is 1. The van der Waals surface area contributed by atoms with Crippen LogP contribution in [-0.2, 0) is 4.79 Å². The number of nitrogens with one attached hydrogen (secondary N) is 1. The van der Waals surface area contributed by atoms with Gasteiger partial charge in [-0.25, -0.2) is 4.98 Å². The quantitative estimate of drug-likeness (QED) is 0.807. The Labute approximate surface area is 153 Å². The molecule has 1 aromatic carbocycles. The lowest BCUT2D eigenvalue weighted by Gasteiger charge is -2.35. The smallest absolute Gasteiger partial charge is 0.234 e. The number of amides is 1. The van der Waals surface area contributed by atoms with Crippen molar-refractivity contribution in [2.45, 2.75) is 11.9 Å². The van der Waals surface area contributed by atoms with Crippen LogP contribution in [0.2, 0.25) is 0 Å². The zero-order valence-electron chi connectivity index (χ0n) is 14.5. The SMILES string of the molecule is CCN1CCN(c2ccc(NC(=O)CSc3ccccn3)cc2)CC1. The van der Waals surface area contributed by atoms with E-state index in [0.29, 0.717) is 5.75 Å². The van der Waals surface area contributed by atoms with Crippen molar-refractivity contribution < 1.29 is 4.79 Å². The van der Waals surface area contributed by atoms with Crippen LogP contribution in [0, 0.1) is 0 Å². The van der Waals surface area contributed by atoms with Gasteiger partial charge in [0.1, 0.15) is 0 Å². The molecule has 0 bridgehead atoms. The van der Waals surface area contributed by atoms with Gasteiger partial charge >= 0.3 is 0 Å². The van der Waals surface area contributed by atoms with E-state index in [-0.39, 0.29) is 5.91 Å². The van der Waals surface area contributed by atoms with E-state index in [1.807, 2.05) is 30.3 Å². The van der Waals surface area contributed by atoms with Crippen molar-refractivity contribution in [3.05, 3.63) is 48.7 Å². The molecule has 0 radical (unpaired) electrons. The van der Waals surface area contributed by atoms with E-state index in [1.54, 1.807) is 6.20 Å². The molecule has 1 N–H and O–H groups in total. The van der Waals surface area contributed by atoms with E-state index in [4.69, 9.17) is 0 Å². The number of pyridine rings is 1. The maximum atomic E-state index is 12.1. The summed E-state index contributed by atoms with van der Waals surface area (Å²) >= 11 is 1.44. The molecule has 1 aromatic heterocycles. The van der Waals surface area contributed by atoms with E-state index in [1.165, 1.54) is 17.4 Å². The van der Waals surface area contributed by atoms with Crippen molar-refractivity contribution in [2.24, 2.45) is 0 Å². The summed E-state index contributed by atoms with van der Waals surface area (Å²) in [5, 5.41) is 3.80. The summed E-state index contributed by atoms with van der Waals surface area (Å²) in [6.07, 6.45) is 1.74. The van der Waals surface area contributed by atoms with Crippen molar-refractivity contribution in [2.75, 3.05) is 48.7 Å². The molecule has 1 aliphatic heterocycles. The highest BCUT2D eigenvalue weighted by molar-refractivity contribution is 7.99. The molecule has 0 atom stereocenters. The fraction of sp³-hybridized carbons (Fsp3) is 0.368. The van der Waals surface area contributed by atoms with Crippen molar-refractivity contribution in [1.29, 1.82) is 0 Å². The molecule has 2 heterocycles. The number of piperazine rings is 1. The zero-order valence-corrected chi connectivity index (χ0v) is 15.3. The Morgan fingerprint density at radius 3 is 2.52 bits per heavy atom. The molecule has 5 nitrogen and oxygen atoms in total. The topological polar surface area (TPSA) is 48.5 Å². The summed E-state index contributed by atoms with van der Waals surface area (Å²) in [6, 6.07) is 13.8. The van der Waals surface area contributed by atoms with Gasteiger partial charge in [0.2, 0.25) is 5.91 Å². The lowest BCUT2D eigenvalue weighted by Crippen LogP contribution is -2.46. The number of hydrogen-bond acceptors (Lipinski definition) is 5. The van der Waals surface area contributed by atoms with E-state index >= 15 is 0 Å². The van der Waals surface area contributed by atoms with Gasteiger partial charge in [-0.3, -0.25) is 4.79 Å². The van der Waals surface area contributed by atoms with Gasteiger partial charge in [0.25, 0.3) is 0 Å². The highest BCUT2D eigenvalue weighted by Gasteiger charge is 2.15. The number of rotatable bonds is 6. The van der Waals surface area contributed by atoms with Crippen LogP contribution in [0.3, 0.4) is 0 Å². The number of carbonyl (C=O) groups excluding carboxylic acids is 1. The molecule has 1 aliphatic rings. The highest BCUT2D eigenvalue weighted by atomic mass is 32.2. The largest absolute Gasteiger partial charge is 0.369 e. The first-order valence-corrected chi connectivity index (χ1v) is 9.64. The molecule has 1 fully saturated rings. The molecule has 2 aromatic rings. The Kier molecular flexibility index (Phi) is 6.30. The number of likely N-dealkylation sites (N-methyl/N-ethyl adjacent to an activating group) is 1. The summed E-state index contributed by atoms with van der Waals surface area (Å²) in [5.41, 5.74) is 2.05. The normalized spacial score (nSPS) is 15.2. The van der Waals surface area contributed by atoms with Crippen molar-refractivity contribution >= 4 is 29.0 Å². The third-order valence-electron chi connectivity index (χ3n) is 4.32. The van der Waals surface area contributed by atoms with Crippen LogP contribution in [0.25, 0.3) is 0 Å². The molecule has 25 heavy (non-hydrogen) atoms. The third kappa shape index (κ3) is 5.21. The van der Waals surface area contributed by atoms with Crippen LogP contribution >= 0.6 is 11.8 Å². The van der Waals surface area contributed by atoms with Gasteiger partial charge in [-0.05, 0) is 42.9 Å². The van der Waals surface area contributed by atoms with Gasteiger partial charge in [0.05, 0.1) is 10.8 Å². The van der Waals surface area contributed by atoms with Crippen molar-refractivity contribution in [3.63, 3.8) is 0 Å². The second kappa shape index (κ2) is 8.87. The molecular formula is C19H24N4OS.